The highest BCUT2D eigenvalue weighted by molar-refractivity contribution is 6.30. The maximum atomic E-state index is 11.6. The first-order valence-electron chi connectivity index (χ1n) is 6.01. The van der Waals surface area contributed by atoms with Crippen molar-refractivity contribution in [3.63, 3.8) is 0 Å². The summed E-state index contributed by atoms with van der Waals surface area (Å²) in [5.74, 6) is 1.17. The number of halogens is 1. The SMILES string of the molecule is Cc1cc(Cl)ccc1OCC(=O)NCC1CNC1. The topological polar surface area (TPSA) is 50.4 Å². The first-order chi connectivity index (χ1) is 8.65. The third kappa shape index (κ3) is 3.62. The van der Waals surface area contributed by atoms with E-state index in [1.165, 1.54) is 0 Å². The summed E-state index contributed by atoms with van der Waals surface area (Å²) in [5.41, 5.74) is 0.929. The van der Waals surface area contributed by atoms with Gasteiger partial charge in [-0.15, -0.1) is 0 Å². The molecule has 1 heterocycles. The van der Waals surface area contributed by atoms with Crippen LogP contribution < -0.4 is 15.4 Å². The first kappa shape index (κ1) is 13.2. The molecule has 0 spiro atoms. The molecule has 5 heteroatoms. The van der Waals surface area contributed by atoms with Gasteiger partial charge in [0.2, 0.25) is 0 Å². The normalized spacial score (nSPS) is 15.0. The fraction of sp³-hybridized carbons (Fsp3) is 0.462. The Morgan fingerprint density at radius 2 is 2.33 bits per heavy atom. The molecule has 0 atom stereocenters. The van der Waals surface area contributed by atoms with Crippen molar-refractivity contribution < 1.29 is 9.53 Å². The quantitative estimate of drug-likeness (QED) is 0.848. The van der Waals surface area contributed by atoms with Crippen LogP contribution >= 0.6 is 11.6 Å². The molecule has 1 aromatic rings. The Labute approximate surface area is 112 Å². The highest BCUT2D eigenvalue weighted by Crippen LogP contribution is 2.21. The van der Waals surface area contributed by atoms with Crippen LogP contribution in [0.2, 0.25) is 5.02 Å². The third-order valence-electron chi connectivity index (χ3n) is 2.95. The lowest BCUT2D eigenvalue weighted by Gasteiger charge is -2.27. The Hall–Kier alpha value is -1.26. The van der Waals surface area contributed by atoms with Crippen LogP contribution in [0.3, 0.4) is 0 Å². The standard InChI is InChI=1S/C13H17ClN2O2/c1-9-4-11(14)2-3-12(9)18-8-13(17)16-7-10-5-15-6-10/h2-4,10,15H,5-8H2,1H3,(H,16,17). The first-order valence-corrected chi connectivity index (χ1v) is 6.39. The number of rotatable bonds is 5. The van der Waals surface area contributed by atoms with Crippen molar-refractivity contribution in [1.29, 1.82) is 0 Å². The molecule has 0 aromatic heterocycles. The summed E-state index contributed by atoms with van der Waals surface area (Å²) in [5, 5.41) is 6.68. The lowest BCUT2D eigenvalue weighted by molar-refractivity contribution is -0.123. The molecule has 2 N–H and O–H groups in total. The smallest absolute Gasteiger partial charge is 0.257 e. The van der Waals surface area contributed by atoms with Gasteiger partial charge in [-0.3, -0.25) is 4.79 Å². The summed E-state index contributed by atoms with van der Waals surface area (Å²) < 4.78 is 5.45. The average molecular weight is 269 g/mol. The number of hydrogen-bond acceptors (Lipinski definition) is 3. The van der Waals surface area contributed by atoms with Gasteiger partial charge in [-0.25, -0.2) is 0 Å². The predicted molar refractivity (Wildman–Crippen MR) is 71.1 cm³/mol. The van der Waals surface area contributed by atoms with Gasteiger partial charge in [0.1, 0.15) is 5.75 Å². The maximum absolute atomic E-state index is 11.6. The largest absolute Gasteiger partial charge is 0.484 e. The molecule has 0 radical (unpaired) electrons. The molecule has 1 fully saturated rings. The predicted octanol–water partition coefficient (Wildman–Crippen LogP) is 1.36. The number of ether oxygens (including phenoxy) is 1. The number of hydrogen-bond donors (Lipinski definition) is 2. The van der Waals surface area contributed by atoms with E-state index < -0.39 is 0 Å². The van der Waals surface area contributed by atoms with Gasteiger partial charge < -0.3 is 15.4 Å². The molecule has 1 aliphatic heterocycles. The summed E-state index contributed by atoms with van der Waals surface area (Å²) >= 11 is 5.85. The van der Waals surface area contributed by atoms with E-state index in [2.05, 4.69) is 10.6 Å². The molecule has 0 saturated carbocycles. The van der Waals surface area contributed by atoms with Gasteiger partial charge >= 0.3 is 0 Å². The van der Waals surface area contributed by atoms with Gasteiger partial charge in [0.25, 0.3) is 5.91 Å². The second-order valence-electron chi connectivity index (χ2n) is 4.53. The number of amides is 1. The molecule has 1 aromatic carbocycles. The molecule has 1 amide bonds. The van der Waals surface area contributed by atoms with Crippen molar-refractivity contribution >= 4 is 17.5 Å². The summed E-state index contributed by atoms with van der Waals surface area (Å²) in [6, 6.07) is 5.34. The molecule has 1 aliphatic rings. The minimum Gasteiger partial charge on any atom is -0.484 e. The molecule has 4 nitrogen and oxygen atoms in total. The van der Waals surface area contributed by atoms with Crippen LogP contribution in [-0.2, 0) is 4.79 Å². The van der Waals surface area contributed by atoms with Gasteiger partial charge in [0, 0.05) is 30.6 Å². The van der Waals surface area contributed by atoms with Crippen molar-refractivity contribution in [2.45, 2.75) is 6.92 Å². The second kappa shape index (κ2) is 6.07. The molecule has 0 bridgehead atoms. The second-order valence-corrected chi connectivity index (χ2v) is 4.96. The average Bonchev–Trinajstić information content (AvgIpc) is 2.25. The van der Waals surface area contributed by atoms with E-state index >= 15 is 0 Å². The Balaban J connectivity index is 1.74. The number of carbonyl (C=O) groups excluding carboxylic acids is 1. The monoisotopic (exact) mass is 268 g/mol. The zero-order chi connectivity index (χ0) is 13.0. The highest BCUT2D eigenvalue weighted by atomic mass is 35.5. The lowest BCUT2D eigenvalue weighted by Crippen LogP contribution is -2.48. The molecule has 0 unspecified atom stereocenters. The van der Waals surface area contributed by atoms with Crippen LogP contribution in [0.4, 0.5) is 0 Å². The van der Waals surface area contributed by atoms with E-state index in [0.717, 1.165) is 25.2 Å². The molecule has 2 rings (SSSR count). The van der Waals surface area contributed by atoms with Gasteiger partial charge in [-0.1, -0.05) is 11.6 Å². The van der Waals surface area contributed by atoms with Gasteiger partial charge in [-0.2, -0.15) is 0 Å². The Morgan fingerprint density at radius 1 is 1.56 bits per heavy atom. The van der Waals surface area contributed by atoms with E-state index in [-0.39, 0.29) is 12.5 Å². The Bertz CT molecular complexity index is 433. The van der Waals surface area contributed by atoms with Gasteiger partial charge in [0.15, 0.2) is 6.61 Å². The molecule has 18 heavy (non-hydrogen) atoms. The number of aryl methyl sites for hydroxylation is 1. The van der Waals surface area contributed by atoms with Crippen molar-refractivity contribution in [2.24, 2.45) is 5.92 Å². The molecule has 0 aliphatic carbocycles. The minimum absolute atomic E-state index is 0.0443. The molecule has 98 valence electrons. The summed E-state index contributed by atoms with van der Waals surface area (Å²) in [4.78, 5) is 11.6. The van der Waals surface area contributed by atoms with Crippen molar-refractivity contribution in [3.8, 4) is 5.75 Å². The van der Waals surface area contributed by atoms with Crippen LogP contribution in [0.25, 0.3) is 0 Å². The van der Waals surface area contributed by atoms with E-state index in [1.807, 2.05) is 13.0 Å². The summed E-state index contributed by atoms with van der Waals surface area (Å²) in [6.07, 6.45) is 0. The van der Waals surface area contributed by atoms with E-state index in [0.29, 0.717) is 16.7 Å². The fourth-order valence-electron chi connectivity index (χ4n) is 1.72. The van der Waals surface area contributed by atoms with Gasteiger partial charge in [-0.05, 0) is 30.7 Å². The van der Waals surface area contributed by atoms with Crippen LogP contribution in [0, 0.1) is 12.8 Å². The highest BCUT2D eigenvalue weighted by Gasteiger charge is 2.17. The third-order valence-corrected chi connectivity index (χ3v) is 3.18. The van der Waals surface area contributed by atoms with E-state index in [9.17, 15) is 4.79 Å². The maximum Gasteiger partial charge on any atom is 0.257 e. The van der Waals surface area contributed by atoms with Crippen molar-refractivity contribution in [2.75, 3.05) is 26.2 Å². The number of benzene rings is 1. The van der Waals surface area contributed by atoms with Gasteiger partial charge in [0.05, 0.1) is 0 Å². The van der Waals surface area contributed by atoms with E-state index in [4.69, 9.17) is 16.3 Å². The Kier molecular flexibility index (Phi) is 4.44. The Morgan fingerprint density at radius 3 is 2.94 bits per heavy atom. The zero-order valence-electron chi connectivity index (χ0n) is 10.3. The molecular weight excluding hydrogens is 252 g/mol. The van der Waals surface area contributed by atoms with Crippen molar-refractivity contribution in [1.82, 2.24) is 10.6 Å². The summed E-state index contributed by atoms with van der Waals surface area (Å²) in [6.45, 7) is 4.63. The zero-order valence-corrected chi connectivity index (χ0v) is 11.1. The van der Waals surface area contributed by atoms with Crippen LogP contribution in [0.1, 0.15) is 5.56 Å². The number of nitrogens with one attached hydrogen (secondary N) is 2. The minimum atomic E-state index is -0.0868. The fourth-order valence-corrected chi connectivity index (χ4v) is 1.95. The van der Waals surface area contributed by atoms with Crippen LogP contribution in [-0.4, -0.2) is 32.1 Å². The number of carbonyl (C=O) groups is 1. The van der Waals surface area contributed by atoms with Crippen LogP contribution in [0.5, 0.6) is 5.75 Å². The van der Waals surface area contributed by atoms with E-state index in [1.54, 1.807) is 12.1 Å². The summed E-state index contributed by atoms with van der Waals surface area (Å²) in [7, 11) is 0. The lowest BCUT2D eigenvalue weighted by atomic mass is 10.0. The van der Waals surface area contributed by atoms with Crippen molar-refractivity contribution in [3.05, 3.63) is 28.8 Å². The molecular formula is C13H17ClN2O2. The van der Waals surface area contributed by atoms with Crippen LogP contribution in [0.15, 0.2) is 18.2 Å². The molecule has 1 saturated heterocycles.